The Balaban J connectivity index is 1.40. The molecule has 0 fully saturated rings. The Morgan fingerprint density at radius 1 is 0.406 bits per heavy atom. The van der Waals surface area contributed by atoms with E-state index in [1.54, 1.807) is 3.26 Å². The van der Waals surface area contributed by atoms with Crippen LogP contribution in [0.5, 0.6) is 0 Å². The Labute approximate surface area is 388 Å². The molecule has 2 unspecified atom stereocenters. The van der Waals surface area contributed by atoms with Crippen molar-refractivity contribution in [3.8, 4) is 22.3 Å². The van der Waals surface area contributed by atoms with Gasteiger partial charge in [0.05, 0.1) is 0 Å². The average molecular weight is 1010 g/mol. The number of benzene rings is 6. The van der Waals surface area contributed by atoms with Gasteiger partial charge < -0.3 is 0 Å². The summed E-state index contributed by atoms with van der Waals surface area (Å²) >= 11 is -4.63. The molecule has 0 nitrogen and oxygen atoms in total. The summed E-state index contributed by atoms with van der Waals surface area (Å²) in [6.45, 7) is 28.2. The zero-order chi connectivity index (χ0) is 46.1. The second kappa shape index (κ2) is 16.5. The van der Waals surface area contributed by atoms with Crippen molar-refractivity contribution in [2.75, 3.05) is 0 Å². The zero-order valence-corrected chi connectivity index (χ0v) is 45.2. The third-order valence-corrected chi connectivity index (χ3v) is 42.0. The summed E-state index contributed by atoms with van der Waals surface area (Å²) in [4.78, 5) is 0. The molecule has 0 saturated carbocycles. The molecule has 0 aromatic heterocycles. The summed E-state index contributed by atoms with van der Waals surface area (Å²) in [6, 6.07) is 52.0. The van der Waals surface area contributed by atoms with Crippen molar-refractivity contribution >= 4 is 15.4 Å². The number of rotatable bonds is 8. The molecule has 0 N–H and O–H groups in total. The fraction of sp³-hybridized carbons (Fsp3) is 0.349. The first-order valence-corrected chi connectivity index (χ1v) is 37.1. The molecule has 330 valence electrons. The molecule has 0 aliphatic heterocycles. The third-order valence-electron chi connectivity index (χ3n) is 15.4. The first-order valence-electron chi connectivity index (χ1n) is 24.0. The molecule has 2 aliphatic rings. The monoisotopic (exact) mass is 1010 g/mol. The Morgan fingerprint density at radius 2 is 0.734 bits per heavy atom. The van der Waals surface area contributed by atoms with Crippen LogP contribution in [-0.4, -0.2) is 3.26 Å². The molecule has 0 radical (unpaired) electrons. The number of hydrogen-bond acceptors (Lipinski definition) is 0. The van der Waals surface area contributed by atoms with Crippen LogP contribution in [-0.2, 0) is 52.5 Å². The summed E-state index contributed by atoms with van der Waals surface area (Å²) < 4.78 is 8.11. The van der Waals surface area contributed by atoms with E-state index in [9.17, 15) is 0 Å². The van der Waals surface area contributed by atoms with Gasteiger partial charge >= 0.3 is 391 Å². The molecule has 0 bridgehead atoms. The molecule has 8 rings (SSSR count). The molecule has 6 aromatic rings. The van der Waals surface area contributed by atoms with Crippen molar-refractivity contribution in [2.45, 2.75) is 134 Å². The fourth-order valence-corrected chi connectivity index (χ4v) is 34.6. The molecule has 1 heteroatoms. The van der Waals surface area contributed by atoms with Crippen molar-refractivity contribution in [1.29, 1.82) is 0 Å². The third kappa shape index (κ3) is 8.68. The van der Waals surface area contributed by atoms with Crippen LogP contribution in [0.4, 0.5) is 0 Å². The molecule has 6 aromatic carbocycles. The number of allylic oxidation sites excluding steroid dienone is 2. The predicted octanol–water partition coefficient (Wildman–Crippen LogP) is 17.5. The number of fused-ring (bicyclic) bond motifs is 2. The van der Waals surface area contributed by atoms with Gasteiger partial charge in [-0.3, -0.25) is 0 Å². The topological polar surface area (TPSA) is 0 Å². The summed E-state index contributed by atoms with van der Waals surface area (Å²) in [5, 5.41) is 0. The van der Waals surface area contributed by atoms with Gasteiger partial charge in [-0.05, 0) is 0 Å². The first kappa shape index (κ1) is 46.1. The maximum atomic E-state index is 2.85. The minimum absolute atomic E-state index is 0.0392. The van der Waals surface area contributed by atoms with Crippen LogP contribution in [0.15, 0.2) is 146 Å². The van der Waals surface area contributed by atoms with E-state index in [1.165, 1.54) is 77.9 Å². The molecule has 0 saturated heterocycles. The average Bonchev–Trinajstić information content (AvgIpc) is 3.90. The predicted molar refractivity (Wildman–Crippen MR) is 279 cm³/mol. The Morgan fingerprint density at radius 3 is 1.05 bits per heavy atom. The van der Waals surface area contributed by atoms with Crippen LogP contribution in [0.3, 0.4) is 0 Å². The fourth-order valence-electron chi connectivity index (χ4n) is 11.0. The van der Waals surface area contributed by atoms with E-state index < -0.39 is 18.0 Å². The standard InChI is InChI=1S/2C23H27.C15H14.2CH3.Hf/c2*1-22(2,3)18-13-17(14-19(15-18)23(4,5)6)21-12-8-10-16-9-7-11-20(16)21;1-3-8-14(9-4-1)12-7-13-15-10-5-2-6-11-15;;;/h2*7-15H,1-6H3;1-6,8-11H,12-13H2;2*1H3;. The molecule has 0 amide bonds. The maximum absolute atomic E-state index is 4.63. The van der Waals surface area contributed by atoms with E-state index >= 15 is 0 Å². The molecular formula is C63H74Hf. The van der Waals surface area contributed by atoms with E-state index in [4.69, 9.17) is 0 Å². The van der Waals surface area contributed by atoms with Gasteiger partial charge in [-0.2, -0.15) is 0 Å². The summed E-state index contributed by atoms with van der Waals surface area (Å²) in [5.41, 5.74) is 19.8. The van der Waals surface area contributed by atoms with Gasteiger partial charge in [0, 0.05) is 0 Å². The van der Waals surface area contributed by atoms with E-state index in [1.807, 2.05) is 0 Å². The van der Waals surface area contributed by atoms with Gasteiger partial charge in [-0.25, -0.2) is 0 Å². The van der Waals surface area contributed by atoms with E-state index in [-0.39, 0.29) is 21.7 Å². The minimum atomic E-state index is -4.63. The SMILES string of the molecule is CC(C)(C)c1cc(-c2cccc3c2C=C[CH]3[Hf]([CH3])([CH3])(=[C](Cc2ccccc2)Cc2ccccc2)[CH]2C=Cc3c(-c4cc(C(C)(C)C)cc(C(C)(C)C)c4)cccc32)cc(C(C)(C)C)c1. The van der Waals surface area contributed by atoms with E-state index in [0.717, 1.165) is 12.8 Å². The van der Waals surface area contributed by atoms with Crippen LogP contribution in [0, 0.1) is 0 Å². The van der Waals surface area contributed by atoms with Crippen LogP contribution in [0.1, 0.15) is 146 Å². The normalized spacial score (nSPS) is 16.5. The molecule has 0 spiro atoms. The quantitative estimate of drug-likeness (QED) is 0.133. The van der Waals surface area contributed by atoms with Gasteiger partial charge in [-0.1, -0.05) is 0 Å². The van der Waals surface area contributed by atoms with Gasteiger partial charge in [0.2, 0.25) is 0 Å². The van der Waals surface area contributed by atoms with Crippen LogP contribution >= 0.6 is 0 Å². The van der Waals surface area contributed by atoms with Gasteiger partial charge in [-0.15, -0.1) is 0 Å². The Kier molecular flexibility index (Phi) is 11.8. The summed E-state index contributed by atoms with van der Waals surface area (Å²) in [7, 11) is 0. The molecular weight excluding hydrogens is 935 g/mol. The van der Waals surface area contributed by atoms with Crippen molar-refractivity contribution < 1.29 is 18.0 Å². The Hall–Kier alpha value is -4.46. The van der Waals surface area contributed by atoms with Crippen molar-refractivity contribution in [2.24, 2.45) is 0 Å². The Bertz CT molecular complexity index is 2590. The van der Waals surface area contributed by atoms with Crippen molar-refractivity contribution in [3.63, 3.8) is 0 Å². The second-order valence-corrected chi connectivity index (χ2v) is 50.2. The van der Waals surface area contributed by atoms with E-state index in [2.05, 4.69) is 250 Å². The molecule has 0 heterocycles. The van der Waals surface area contributed by atoms with Crippen LogP contribution in [0.2, 0.25) is 9.36 Å². The van der Waals surface area contributed by atoms with Crippen molar-refractivity contribution in [3.05, 3.63) is 201 Å². The first-order chi connectivity index (χ1) is 29.9. The molecule has 2 atom stereocenters. The zero-order valence-electron chi connectivity index (χ0n) is 41.6. The van der Waals surface area contributed by atoms with Gasteiger partial charge in [0.25, 0.3) is 0 Å². The van der Waals surface area contributed by atoms with Crippen molar-refractivity contribution in [1.82, 2.24) is 0 Å². The summed E-state index contributed by atoms with van der Waals surface area (Å²) in [5.74, 6) is 0. The van der Waals surface area contributed by atoms with Crippen LogP contribution in [0.25, 0.3) is 34.4 Å². The second-order valence-electron chi connectivity index (χ2n) is 24.4. The number of hydrogen-bond donors (Lipinski definition) is 0. The van der Waals surface area contributed by atoms with E-state index in [0.29, 0.717) is 7.35 Å². The van der Waals surface area contributed by atoms with Gasteiger partial charge in [0.1, 0.15) is 0 Å². The molecule has 2 aliphatic carbocycles. The molecule has 64 heavy (non-hydrogen) atoms. The van der Waals surface area contributed by atoms with Crippen LogP contribution < -0.4 is 0 Å². The van der Waals surface area contributed by atoms with Gasteiger partial charge in [0.15, 0.2) is 0 Å². The summed E-state index contributed by atoms with van der Waals surface area (Å²) in [6.07, 6.45) is 12.4.